The number of amides is 1. The Labute approximate surface area is 150 Å². The van der Waals surface area contributed by atoms with Gasteiger partial charge in [-0.1, -0.05) is 29.3 Å². The quantitative estimate of drug-likeness (QED) is 0.827. The Morgan fingerprint density at radius 2 is 2.08 bits per heavy atom. The summed E-state index contributed by atoms with van der Waals surface area (Å²) in [4.78, 5) is 12.3. The Morgan fingerprint density at radius 1 is 1.21 bits per heavy atom. The molecule has 6 heteroatoms. The molecule has 1 N–H and O–H groups in total. The van der Waals surface area contributed by atoms with Gasteiger partial charge in [0.15, 0.2) is 0 Å². The minimum absolute atomic E-state index is 0.152. The molecule has 126 valence electrons. The Balaban J connectivity index is 1.62. The van der Waals surface area contributed by atoms with E-state index in [2.05, 4.69) is 5.32 Å². The van der Waals surface area contributed by atoms with Crippen LogP contribution >= 0.6 is 23.2 Å². The first-order valence-electron chi connectivity index (χ1n) is 7.73. The molecule has 2 aromatic carbocycles. The lowest BCUT2D eigenvalue weighted by Gasteiger charge is -2.12. The standard InChI is InChI=1S/C18H17Cl2NO3/c19-16-7-6-12(9-17(16)20)18(22)21-13-3-1-4-14(10-13)24-11-15-5-2-8-23-15/h1,3-4,6-7,9-10,15H,2,5,8,11H2,(H,21,22). The van der Waals surface area contributed by atoms with E-state index in [-0.39, 0.29) is 12.0 Å². The number of hydrogen-bond donors (Lipinski definition) is 1. The molecule has 1 aliphatic heterocycles. The number of rotatable bonds is 5. The maximum absolute atomic E-state index is 12.3. The van der Waals surface area contributed by atoms with Crippen LogP contribution in [0.25, 0.3) is 0 Å². The summed E-state index contributed by atoms with van der Waals surface area (Å²) in [7, 11) is 0. The maximum atomic E-state index is 12.3. The topological polar surface area (TPSA) is 47.6 Å². The van der Waals surface area contributed by atoms with Crippen LogP contribution in [0.5, 0.6) is 5.75 Å². The van der Waals surface area contributed by atoms with Crippen molar-refractivity contribution < 1.29 is 14.3 Å². The largest absolute Gasteiger partial charge is 0.491 e. The number of halogens is 2. The van der Waals surface area contributed by atoms with Gasteiger partial charge in [0.25, 0.3) is 5.91 Å². The molecule has 3 rings (SSSR count). The number of benzene rings is 2. The second-order valence-electron chi connectivity index (χ2n) is 5.56. The van der Waals surface area contributed by atoms with Gasteiger partial charge in [-0.25, -0.2) is 0 Å². The van der Waals surface area contributed by atoms with Gasteiger partial charge >= 0.3 is 0 Å². The van der Waals surface area contributed by atoms with Crippen LogP contribution in [0.15, 0.2) is 42.5 Å². The van der Waals surface area contributed by atoms with E-state index >= 15 is 0 Å². The number of anilines is 1. The number of carbonyl (C=O) groups excluding carboxylic acids is 1. The van der Waals surface area contributed by atoms with Crippen molar-refractivity contribution in [3.63, 3.8) is 0 Å². The summed E-state index contributed by atoms with van der Waals surface area (Å²) in [6.07, 6.45) is 2.25. The first-order chi connectivity index (χ1) is 11.6. The van der Waals surface area contributed by atoms with Gasteiger partial charge in [-0.2, -0.15) is 0 Å². The molecule has 0 spiro atoms. The van der Waals surface area contributed by atoms with Gasteiger partial charge in [0, 0.05) is 23.9 Å². The van der Waals surface area contributed by atoms with E-state index in [1.807, 2.05) is 12.1 Å². The highest BCUT2D eigenvalue weighted by molar-refractivity contribution is 6.42. The molecular weight excluding hydrogens is 349 g/mol. The smallest absolute Gasteiger partial charge is 0.255 e. The fraction of sp³-hybridized carbons (Fsp3) is 0.278. The van der Waals surface area contributed by atoms with Crippen LogP contribution in [-0.2, 0) is 4.74 Å². The van der Waals surface area contributed by atoms with E-state index in [9.17, 15) is 4.79 Å². The zero-order valence-electron chi connectivity index (χ0n) is 12.9. The average Bonchev–Trinajstić information content (AvgIpc) is 3.09. The molecule has 1 heterocycles. The van der Waals surface area contributed by atoms with Gasteiger partial charge in [0.2, 0.25) is 0 Å². The highest BCUT2D eigenvalue weighted by Gasteiger charge is 2.16. The van der Waals surface area contributed by atoms with Crippen LogP contribution in [0.4, 0.5) is 5.69 Å². The minimum atomic E-state index is -0.259. The van der Waals surface area contributed by atoms with Crippen molar-refractivity contribution in [2.45, 2.75) is 18.9 Å². The van der Waals surface area contributed by atoms with E-state index in [4.69, 9.17) is 32.7 Å². The Hall–Kier alpha value is -1.75. The van der Waals surface area contributed by atoms with E-state index < -0.39 is 0 Å². The van der Waals surface area contributed by atoms with E-state index in [0.717, 1.165) is 19.4 Å². The summed E-state index contributed by atoms with van der Waals surface area (Å²) in [5.74, 6) is 0.433. The van der Waals surface area contributed by atoms with Crippen LogP contribution in [0, 0.1) is 0 Å². The Bertz CT molecular complexity index is 730. The SMILES string of the molecule is O=C(Nc1cccc(OCC2CCCO2)c1)c1ccc(Cl)c(Cl)c1. The second-order valence-corrected chi connectivity index (χ2v) is 6.37. The fourth-order valence-electron chi connectivity index (χ4n) is 2.47. The van der Waals surface area contributed by atoms with Crippen LogP contribution in [0.3, 0.4) is 0 Å². The molecule has 1 fully saturated rings. The third kappa shape index (κ3) is 4.41. The molecule has 0 aromatic heterocycles. The molecule has 2 aromatic rings. The van der Waals surface area contributed by atoms with Crippen LogP contribution in [0.1, 0.15) is 23.2 Å². The molecule has 1 amide bonds. The first-order valence-corrected chi connectivity index (χ1v) is 8.48. The van der Waals surface area contributed by atoms with Crippen molar-refractivity contribution in [2.24, 2.45) is 0 Å². The third-order valence-electron chi connectivity index (χ3n) is 3.73. The lowest BCUT2D eigenvalue weighted by molar-refractivity contribution is 0.0680. The summed E-state index contributed by atoms with van der Waals surface area (Å²) in [6.45, 7) is 1.32. The number of ether oxygens (including phenoxy) is 2. The molecular formula is C18H17Cl2NO3. The third-order valence-corrected chi connectivity index (χ3v) is 4.47. The number of carbonyl (C=O) groups is 1. The zero-order valence-corrected chi connectivity index (χ0v) is 14.4. The van der Waals surface area contributed by atoms with E-state index in [1.165, 1.54) is 6.07 Å². The molecule has 0 radical (unpaired) electrons. The summed E-state index contributed by atoms with van der Waals surface area (Å²) in [6, 6.07) is 12.0. The van der Waals surface area contributed by atoms with Gasteiger partial charge in [-0.15, -0.1) is 0 Å². The average molecular weight is 366 g/mol. The molecule has 1 aliphatic rings. The molecule has 4 nitrogen and oxygen atoms in total. The van der Waals surface area contributed by atoms with Gasteiger partial charge in [0.1, 0.15) is 12.4 Å². The Kier molecular flexibility index (Phi) is 5.61. The summed E-state index contributed by atoms with van der Waals surface area (Å²) < 4.78 is 11.3. The maximum Gasteiger partial charge on any atom is 0.255 e. The molecule has 1 atom stereocenters. The highest BCUT2D eigenvalue weighted by Crippen LogP contribution is 2.24. The predicted octanol–water partition coefficient (Wildman–Crippen LogP) is 4.80. The normalized spacial score (nSPS) is 16.8. The van der Waals surface area contributed by atoms with Crippen molar-refractivity contribution in [3.8, 4) is 5.75 Å². The number of hydrogen-bond acceptors (Lipinski definition) is 3. The van der Waals surface area contributed by atoms with E-state index in [1.54, 1.807) is 24.3 Å². The van der Waals surface area contributed by atoms with Gasteiger partial charge in [-0.3, -0.25) is 4.79 Å². The van der Waals surface area contributed by atoms with Crippen molar-refractivity contribution in [3.05, 3.63) is 58.1 Å². The van der Waals surface area contributed by atoms with Crippen LogP contribution < -0.4 is 10.1 Å². The van der Waals surface area contributed by atoms with Crippen molar-refractivity contribution in [2.75, 3.05) is 18.5 Å². The van der Waals surface area contributed by atoms with Crippen molar-refractivity contribution >= 4 is 34.8 Å². The summed E-state index contributed by atoms with van der Waals surface area (Å²) in [5, 5.41) is 3.58. The Morgan fingerprint density at radius 3 is 2.83 bits per heavy atom. The highest BCUT2D eigenvalue weighted by atomic mass is 35.5. The predicted molar refractivity (Wildman–Crippen MR) is 95.3 cm³/mol. The molecule has 0 bridgehead atoms. The molecule has 0 aliphatic carbocycles. The summed E-state index contributed by atoms with van der Waals surface area (Å²) >= 11 is 11.8. The van der Waals surface area contributed by atoms with Gasteiger partial charge in [0.05, 0.1) is 16.1 Å². The van der Waals surface area contributed by atoms with E-state index in [0.29, 0.717) is 33.7 Å². The van der Waals surface area contributed by atoms with Gasteiger partial charge < -0.3 is 14.8 Å². The van der Waals surface area contributed by atoms with Crippen molar-refractivity contribution in [1.82, 2.24) is 0 Å². The second kappa shape index (κ2) is 7.88. The molecule has 24 heavy (non-hydrogen) atoms. The van der Waals surface area contributed by atoms with Crippen LogP contribution in [0.2, 0.25) is 10.0 Å². The monoisotopic (exact) mass is 365 g/mol. The summed E-state index contributed by atoms with van der Waals surface area (Å²) in [5.41, 5.74) is 1.09. The lowest BCUT2D eigenvalue weighted by Crippen LogP contribution is -2.16. The lowest BCUT2D eigenvalue weighted by atomic mass is 10.2. The number of nitrogens with one attached hydrogen (secondary N) is 1. The molecule has 0 saturated carbocycles. The fourth-order valence-corrected chi connectivity index (χ4v) is 2.77. The molecule has 1 unspecified atom stereocenters. The zero-order chi connectivity index (χ0) is 16.9. The molecule has 1 saturated heterocycles. The van der Waals surface area contributed by atoms with Crippen LogP contribution in [-0.4, -0.2) is 25.2 Å². The van der Waals surface area contributed by atoms with Crippen molar-refractivity contribution in [1.29, 1.82) is 0 Å². The van der Waals surface area contributed by atoms with Gasteiger partial charge in [-0.05, 0) is 43.2 Å². The minimum Gasteiger partial charge on any atom is -0.491 e. The first kappa shape index (κ1) is 17.1.